The molecule has 1 amide bonds. The number of benzene rings is 2. The molecule has 0 saturated carbocycles. The van der Waals surface area contributed by atoms with Gasteiger partial charge in [0.25, 0.3) is 5.91 Å². The molecule has 1 aliphatic heterocycles. The van der Waals surface area contributed by atoms with E-state index in [1.54, 1.807) is 5.38 Å². The Bertz CT molecular complexity index is 999. The van der Waals surface area contributed by atoms with Crippen LogP contribution in [0.3, 0.4) is 0 Å². The van der Waals surface area contributed by atoms with Crippen molar-refractivity contribution in [3.8, 4) is 0 Å². The number of anilines is 3. The first-order valence-electron chi connectivity index (χ1n) is 10.2. The van der Waals surface area contributed by atoms with Crippen molar-refractivity contribution in [1.82, 2.24) is 14.9 Å². The molecule has 0 unspecified atom stereocenters. The lowest BCUT2D eigenvalue weighted by molar-refractivity contribution is 0.102. The van der Waals surface area contributed by atoms with E-state index in [-0.39, 0.29) is 5.91 Å². The Balaban J connectivity index is 1.23. The Hall–Kier alpha value is -3.04. The van der Waals surface area contributed by atoms with Crippen molar-refractivity contribution in [2.24, 2.45) is 0 Å². The van der Waals surface area contributed by atoms with Gasteiger partial charge in [0, 0.05) is 42.1 Å². The molecule has 1 fully saturated rings. The SMILES string of the molecule is O=C(Nc1ccc(NC(=S)NCc2ccc(N3CCCCC3)cc2)cc1)c1csnn1. The van der Waals surface area contributed by atoms with Crippen LogP contribution < -0.4 is 20.9 Å². The highest BCUT2D eigenvalue weighted by atomic mass is 32.1. The van der Waals surface area contributed by atoms with Crippen molar-refractivity contribution in [3.63, 3.8) is 0 Å². The molecule has 1 saturated heterocycles. The predicted octanol–water partition coefficient (Wildman–Crippen LogP) is 4.27. The normalized spacial score (nSPS) is 13.5. The Morgan fingerprint density at radius 3 is 2.29 bits per heavy atom. The van der Waals surface area contributed by atoms with E-state index in [1.165, 1.54) is 30.5 Å². The van der Waals surface area contributed by atoms with Crippen molar-refractivity contribution in [3.05, 3.63) is 65.2 Å². The van der Waals surface area contributed by atoms with Crippen molar-refractivity contribution >= 4 is 51.8 Å². The molecule has 4 rings (SSSR count). The first-order chi connectivity index (χ1) is 15.2. The zero-order valence-corrected chi connectivity index (χ0v) is 18.6. The third-order valence-electron chi connectivity index (χ3n) is 5.10. The van der Waals surface area contributed by atoms with Gasteiger partial charge in [-0.15, -0.1) is 5.10 Å². The van der Waals surface area contributed by atoms with Crippen LogP contribution in [0.15, 0.2) is 53.9 Å². The summed E-state index contributed by atoms with van der Waals surface area (Å²) in [6, 6.07) is 16.0. The number of nitrogens with one attached hydrogen (secondary N) is 3. The van der Waals surface area contributed by atoms with Crippen LogP contribution in [0.4, 0.5) is 17.1 Å². The molecule has 3 aromatic rings. The van der Waals surface area contributed by atoms with Gasteiger partial charge in [0.2, 0.25) is 0 Å². The summed E-state index contributed by atoms with van der Waals surface area (Å²) in [5, 5.41) is 15.1. The second-order valence-electron chi connectivity index (χ2n) is 7.34. The Kier molecular flexibility index (Phi) is 7.06. The third kappa shape index (κ3) is 5.99. The molecule has 3 N–H and O–H groups in total. The average Bonchev–Trinajstić information content (AvgIpc) is 3.35. The van der Waals surface area contributed by atoms with Gasteiger partial charge in [-0.1, -0.05) is 16.6 Å². The fourth-order valence-electron chi connectivity index (χ4n) is 3.43. The molecule has 2 heterocycles. The van der Waals surface area contributed by atoms with E-state index in [4.69, 9.17) is 12.2 Å². The maximum absolute atomic E-state index is 12.0. The highest BCUT2D eigenvalue weighted by Gasteiger charge is 2.11. The minimum absolute atomic E-state index is 0.280. The lowest BCUT2D eigenvalue weighted by atomic mass is 10.1. The third-order valence-corrected chi connectivity index (χ3v) is 5.85. The average molecular weight is 453 g/mol. The van der Waals surface area contributed by atoms with E-state index in [9.17, 15) is 4.79 Å². The Morgan fingerprint density at radius 2 is 1.65 bits per heavy atom. The first-order valence-corrected chi connectivity index (χ1v) is 11.5. The van der Waals surface area contributed by atoms with Crippen LogP contribution in [0.1, 0.15) is 35.3 Å². The molecule has 0 bridgehead atoms. The van der Waals surface area contributed by atoms with Crippen molar-refractivity contribution in [2.75, 3.05) is 28.6 Å². The molecular formula is C22H24N6OS2. The summed E-state index contributed by atoms with van der Waals surface area (Å²) in [5.41, 5.74) is 4.30. The molecule has 0 spiro atoms. The van der Waals surface area contributed by atoms with Gasteiger partial charge in [0.15, 0.2) is 10.8 Å². The molecule has 160 valence electrons. The topological polar surface area (TPSA) is 82.2 Å². The Labute approximate surface area is 191 Å². The lowest BCUT2D eigenvalue weighted by Gasteiger charge is -2.28. The van der Waals surface area contributed by atoms with Gasteiger partial charge >= 0.3 is 0 Å². The predicted molar refractivity (Wildman–Crippen MR) is 130 cm³/mol. The molecule has 7 nitrogen and oxygen atoms in total. The number of hydrogen-bond acceptors (Lipinski definition) is 6. The maximum Gasteiger partial charge on any atom is 0.277 e. The smallest absolute Gasteiger partial charge is 0.277 e. The molecule has 2 aromatic carbocycles. The number of thiocarbonyl (C=S) groups is 1. The summed E-state index contributed by atoms with van der Waals surface area (Å²) < 4.78 is 3.69. The summed E-state index contributed by atoms with van der Waals surface area (Å²) >= 11 is 6.55. The van der Waals surface area contributed by atoms with Crippen molar-refractivity contribution in [2.45, 2.75) is 25.8 Å². The van der Waals surface area contributed by atoms with E-state index in [0.29, 0.717) is 23.0 Å². The largest absolute Gasteiger partial charge is 0.372 e. The van der Waals surface area contributed by atoms with Gasteiger partial charge < -0.3 is 20.9 Å². The van der Waals surface area contributed by atoms with Crippen LogP contribution in [0.2, 0.25) is 0 Å². The minimum atomic E-state index is -0.280. The number of piperidine rings is 1. The van der Waals surface area contributed by atoms with Crippen LogP contribution in [0, 0.1) is 0 Å². The quantitative estimate of drug-likeness (QED) is 0.482. The van der Waals surface area contributed by atoms with Crippen molar-refractivity contribution in [1.29, 1.82) is 0 Å². The number of rotatable bonds is 6. The van der Waals surface area contributed by atoms with E-state index < -0.39 is 0 Å². The van der Waals surface area contributed by atoms with Gasteiger partial charge in [-0.3, -0.25) is 4.79 Å². The molecule has 31 heavy (non-hydrogen) atoms. The summed E-state index contributed by atoms with van der Waals surface area (Å²) in [4.78, 5) is 14.5. The molecule has 0 radical (unpaired) electrons. The second-order valence-corrected chi connectivity index (χ2v) is 8.36. The van der Waals surface area contributed by atoms with Gasteiger partial charge in [0.05, 0.1) is 0 Å². The number of aromatic nitrogens is 2. The van der Waals surface area contributed by atoms with Crippen LogP contribution in [0.25, 0.3) is 0 Å². The summed E-state index contributed by atoms with van der Waals surface area (Å²) in [5.74, 6) is -0.280. The minimum Gasteiger partial charge on any atom is -0.372 e. The highest BCUT2D eigenvalue weighted by molar-refractivity contribution is 7.80. The van der Waals surface area contributed by atoms with Gasteiger partial charge in [-0.2, -0.15) is 0 Å². The number of hydrogen-bond donors (Lipinski definition) is 3. The van der Waals surface area contributed by atoms with Gasteiger partial charge in [-0.05, 0) is 85.0 Å². The van der Waals surface area contributed by atoms with E-state index in [0.717, 1.165) is 30.3 Å². The van der Waals surface area contributed by atoms with E-state index >= 15 is 0 Å². The number of carbonyl (C=O) groups is 1. The lowest BCUT2D eigenvalue weighted by Crippen LogP contribution is -2.29. The van der Waals surface area contributed by atoms with Gasteiger partial charge in [-0.25, -0.2) is 0 Å². The molecule has 9 heteroatoms. The maximum atomic E-state index is 12.0. The zero-order chi connectivity index (χ0) is 21.5. The number of nitrogens with zero attached hydrogens (tertiary/aromatic N) is 3. The second kappa shape index (κ2) is 10.3. The van der Waals surface area contributed by atoms with Crippen LogP contribution in [-0.4, -0.2) is 33.7 Å². The molecule has 0 atom stereocenters. The molecule has 0 aliphatic carbocycles. The van der Waals surface area contributed by atoms with E-state index in [2.05, 4.69) is 54.7 Å². The van der Waals surface area contributed by atoms with Crippen LogP contribution in [0.5, 0.6) is 0 Å². The summed E-state index contributed by atoms with van der Waals surface area (Å²) in [6.45, 7) is 2.95. The fraction of sp³-hybridized carbons (Fsp3) is 0.273. The number of carbonyl (C=O) groups excluding carboxylic acids is 1. The monoisotopic (exact) mass is 452 g/mol. The zero-order valence-electron chi connectivity index (χ0n) is 17.0. The highest BCUT2D eigenvalue weighted by Crippen LogP contribution is 2.20. The summed E-state index contributed by atoms with van der Waals surface area (Å²) in [6.07, 6.45) is 3.89. The van der Waals surface area contributed by atoms with Crippen LogP contribution in [-0.2, 0) is 6.54 Å². The van der Waals surface area contributed by atoms with Crippen LogP contribution >= 0.6 is 23.8 Å². The summed E-state index contributed by atoms with van der Waals surface area (Å²) in [7, 11) is 0. The standard InChI is InChI=1S/C22H24N6OS2/c29-21(20-15-31-27-26-20)24-17-6-8-18(9-7-17)25-22(30)23-14-16-4-10-19(11-5-16)28-12-2-1-3-13-28/h4-11,15H,1-3,12-14H2,(H,24,29)(H2,23,25,30). The Morgan fingerprint density at radius 1 is 0.968 bits per heavy atom. The molecule has 1 aromatic heterocycles. The van der Waals surface area contributed by atoms with E-state index in [1.807, 2.05) is 24.3 Å². The first kappa shape index (κ1) is 21.2. The molecular weight excluding hydrogens is 428 g/mol. The fourth-order valence-corrected chi connectivity index (χ4v) is 4.06. The van der Waals surface area contributed by atoms with Crippen molar-refractivity contribution < 1.29 is 4.79 Å². The van der Waals surface area contributed by atoms with Gasteiger partial charge in [0.1, 0.15) is 0 Å². The number of amides is 1. The molecule has 1 aliphatic rings.